The van der Waals surface area contributed by atoms with Gasteiger partial charge in [-0.05, 0) is 31.1 Å². The molecule has 0 rings (SSSR count). The highest BCUT2D eigenvalue weighted by Gasteiger charge is 2.19. The van der Waals surface area contributed by atoms with Gasteiger partial charge in [0, 0.05) is 19.3 Å². The summed E-state index contributed by atoms with van der Waals surface area (Å²) in [5, 5.41) is 0. The van der Waals surface area contributed by atoms with Gasteiger partial charge in [0.25, 0.3) is 0 Å². The van der Waals surface area contributed by atoms with E-state index in [1.165, 1.54) is 244 Å². The minimum absolute atomic E-state index is 0.0620. The summed E-state index contributed by atoms with van der Waals surface area (Å²) in [6, 6.07) is 0. The molecule has 6 heteroatoms. The van der Waals surface area contributed by atoms with Crippen molar-refractivity contribution in [2.45, 2.75) is 362 Å². The number of hydrogen-bond donors (Lipinski definition) is 0. The second kappa shape index (κ2) is 55.7. The van der Waals surface area contributed by atoms with Crippen LogP contribution in [0.4, 0.5) is 0 Å². The van der Waals surface area contributed by atoms with Gasteiger partial charge in [-0.15, -0.1) is 0 Å². The van der Waals surface area contributed by atoms with Crippen molar-refractivity contribution < 1.29 is 28.6 Å². The van der Waals surface area contributed by atoms with Gasteiger partial charge in [0.2, 0.25) is 0 Å². The number of esters is 3. The maximum absolute atomic E-state index is 12.9. The van der Waals surface area contributed by atoms with Crippen molar-refractivity contribution in [1.29, 1.82) is 0 Å². The molecule has 0 fully saturated rings. The zero-order valence-corrected chi connectivity index (χ0v) is 47.5. The summed E-state index contributed by atoms with van der Waals surface area (Å²) in [5.74, 6) is 0.850. The van der Waals surface area contributed by atoms with E-state index < -0.39 is 6.10 Å². The van der Waals surface area contributed by atoms with E-state index in [0.29, 0.717) is 19.3 Å². The van der Waals surface area contributed by atoms with E-state index in [-0.39, 0.29) is 31.1 Å². The molecule has 0 amide bonds. The minimum Gasteiger partial charge on any atom is -0.462 e. The molecule has 0 aliphatic heterocycles. The predicted molar refractivity (Wildman–Crippen MR) is 298 cm³/mol. The second-order valence-corrected chi connectivity index (χ2v) is 22.6. The molecule has 0 saturated heterocycles. The summed E-state index contributed by atoms with van der Waals surface area (Å²) in [5.41, 5.74) is 0. The van der Waals surface area contributed by atoms with Crippen LogP contribution in [0.5, 0.6) is 0 Å². The number of rotatable bonds is 57. The lowest BCUT2D eigenvalue weighted by Gasteiger charge is -2.18. The van der Waals surface area contributed by atoms with Crippen LogP contribution in [0.2, 0.25) is 0 Å². The molecule has 0 bridgehead atoms. The lowest BCUT2D eigenvalue weighted by atomic mass is 10.0. The molecule has 0 saturated carbocycles. The van der Waals surface area contributed by atoms with E-state index in [0.717, 1.165) is 69.6 Å². The lowest BCUT2D eigenvalue weighted by molar-refractivity contribution is -0.167. The third kappa shape index (κ3) is 57.2. The molecule has 0 unspecified atom stereocenters. The predicted octanol–water partition coefficient (Wildman–Crippen LogP) is 20.8. The average molecular weight is 976 g/mol. The van der Waals surface area contributed by atoms with Crippen LogP contribution < -0.4 is 0 Å². The molecular weight excluding hydrogens is 853 g/mol. The van der Waals surface area contributed by atoms with Gasteiger partial charge in [-0.2, -0.15) is 0 Å². The first-order valence-electron chi connectivity index (χ1n) is 31.2. The molecule has 0 aromatic heterocycles. The number of carbonyl (C=O) groups is 3. The molecule has 0 aromatic carbocycles. The average Bonchev–Trinajstić information content (AvgIpc) is 3.32. The molecule has 0 aliphatic rings. The second-order valence-electron chi connectivity index (χ2n) is 22.6. The lowest BCUT2D eigenvalue weighted by Crippen LogP contribution is -2.30. The molecule has 410 valence electrons. The quantitative estimate of drug-likeness (QED) is 0.0343. The van der Waals surface area contributed by atoms with Crippen molar-refractivity contribution in [3.63, 3.8) is 0 Å². The minimum atomic E-state index is -0.763. The van der Waals surface area contributed by atoms with E-state index in [9.17, 15) is 14.4 Å². The maximum Gasteiger partial charge on any atom is 0.306 e. The molecule has 0 spiro atoms. The van der Waals surface area contributed by atoms with E-state index >= 15 is 0 Å². The van der Waals surface area contributed by atoms with Crippen molar-refractivity contribution in [3.05, 3.63) is 0 Å². The van der Waals surface area contributed by atoms with Gasteiger partial charge >= 0.3 is 17.9 Å². The van der Waals surface area contributed by atoms with Gasteiger partial charge in [-0.1, -0.05) is 317 Å². The van der Waals surface area contributed by atoms with Crippen LogP contribution in [-0.2, 0) is 28.6 Å². The van der Waals surface area contributed by atoms with Crippen LogP contribution in [0, 0.1) is 11.8 Å². The standard InChI is InChI=1S/C63H122O6/c1-6-7-8-9-10-11-12-13-14-15-16-17-23-28-33-38-43-48-53-61(64)67-56-60(69-63(66)55-50-45-40-35-30-25-20-22-27-32-37-42-47-52-59(4)5)57-68-62(65)54-49-44-39-34-29-24-19-18-21-26-31-36-41-46-51-58(2)3/h58-60H,6-57H2,1-5H3/t60-/m1/s1. The molecule has 0 radical (unpaired) electrons. The number of unbranched alkanes of at least 4 members (excludes halogenated alkanes) is 42. The number of carbonyl (C=O) groups excluding carboxylic acids is 3. The Labute approximate surface area is 431 Å². The van der Waals surface area contributed by atoms with Crippen LogP contribution >= 0.6 is 0 Å². The molecule has 0 N–H and O–H groups in total. The Morgan fingerprint density at radius 2 is 0.478 bits per heavy atom. The van der Waals surface area contributed by atoms with Crippen LogP contribution in [0.3, 0.4) is 0 Å². The van der Waals surface area contributed by atoms with Crippen molar-refractivity contribution >= 4 is 17.9 Å². The Bertz CT molecular complexity index is 1060. The van der Waals surface area contributed by atoms with Gasteiger partial charge in [0.15, 0.2) is 6.10 Å². The van der Waals surface area contributed by atoms with Crippen LogP contribution in [0.15, 0.2) is 0 Å². The first kappa shape index (κ1) is 67.4. The van der Waals surface area contributed by atoms with Gasteiger partial charge < -0.3 is 14.2 Å². The third-order valence-electron chi connectivity index (χ3n) is 14.5. The Morgan fingerprint density at radius 1 is 0.275 bits per heavy atom. The fourth-order valence-corrected chi connectivity index (χ4v) is 9.76. The Kier molecular flexibility index (Phi) is 54.4. The largest absolute Gasteiger partial charge is 0.462 e. The highest BCUT2D eigenvalue weighted by Crippen LogP contribution is 2.19. The van der Waals surface area contributed by atoms with Crippen molar-refractivity contribution in [2.24, 2.45) is 11.8 Å². The fourth-order valence-electron chi connectivity index (χ4n) is 9.76. The Hall–Kier alpha value is -1.59. The molecule has 0 aliphatic carbocycles. The van der Waals surface area contributed by atoms with Crippen molar-refractivity contribution in [3.8, 4) is 0 Å². The SMILES string of the molecule is CCCCCCCCCCCCCCCCCCCCC(=O)OC[C@H](COC(=O)CCCCCCCCCCCCCCCCC(C)C)OC(=O)CCCCCCCCCCCCCCCC(C)C. The fraction of sp³-hybridized carbons (Fsp3) is 0.952. The van der Waals surface area contributed by atoms with Crippen LogP contribution in [0.1, 0.15) is 356 Å². The third-order valence-corrected chi connectivity index (χ3v) is 14.5. The number of ether oxygens (including phenoxy) is 3. The first-order valence-corrected chi connectivity index (χ1v) is 31.2. The van der Waals surface area contributed by atoms with Gasteiger partial charge in [0.1, 0.15) is 13.2 Å². The Balaban J connectivity index is 4.29. The van der Waals surface area contributed by atoms with E-state index in [1.807, 2.05) is 0 Å². The monoisotopic (exact) mass is 975 g/mol. The Morgan fingerprint density at radius 3 is 0.710 bits per heavy atom. The summed E-state index contributed by atoms with van der Waals surface area (Å²) < 4.78 is 16.9. The summed E-state index contributed by atoms with van der Waals surface area (Å²) in [7, 11) is 0. The van der Waals surface area contributed by atoms with Crippen LogP contribution in [0.25, 0.3) is 0 Å². The smallest absolute Gasteiger partial charge is 0.306 e. The van der Waals surface area contributed by atoms with Gasteiger partial charge in [0.05, 0.1) is 0 Å². The van der Waals surface area contributed by atoms with E-state index in [4.69, 9.17) is 14.2 Å². The molecule has 69 heavy (non-hydrogen) atoms. The first-order chi connectivity index (χ1) is 33.7. The summed E-state index contributed by atoms with van der Waals surface area (Å²) in [6.45, 7) is 11.4. The highest BCUT2D eigenvalue weighted by molar-refractivity contribution is 5.71. The van der Waals surface area contributed by atoms with Crippen LogP contribution in [-0.4, -0.2) is 37.2 Å². The normalized spacial score (nSPS) is 12.0. The number of hydrogen-bond acceptors (Lipinski definition) is 6. The van der Waals surface area contributed by atoms with E-state index in [2.05, 4.69) is 34.6 Å². The summed E-state index contributed by atoms with van der Waals surface area (Å²) in [4.78, 5) is 38.3. The molecule has 0 aromatic rings. The topological polar surface area (TPSA) is 78.9 Å². The summed E-state index contributed by atoms with van der Waals surface area (Å²) >= 11 is 0. The maximum atomic E-state index is 12.9. The van der Waals surface area contributed by atoms with Crippen molar-refractivity contribution in [1.82, 2.24) is 0 Å². The molecule has 1 atom stereocenters. The zero-order chi connectivity index (χ0) is 50.4. The summed E-state index contributed by atoms with van der Waals surface area (Å²) in [6.07, 6.45) is 61.0. The highest BCUT2D eigenvalue weighted by atomic mass is 16.6. The zero-order valence-electron chi connectivity index (χ0n) is 47.5. The molecular formula is C63H122O6. The van der Waals surface area contributed by atoms with Gasteiger partial charge in [-0.25, -0.2) is 0 Å². The van der Waals surface area contributed by atoms with E-state index in [1.54, 1.807) is 0 Å². The molecule has 0 heterocycles. The van der Waals surface area contributed by atoms with Gasteiger partial charge in [-0.3, -0.25) is 14.4 Å². The molecule has 6 nitrogen and oxygen atoms in total. The van der Waals surface area contributed by atoms with Crippen molar-refractivity contribution in [2.75, 3.05) is 13.2 Å².